The summed E-state index contributed by atoms with van der Waals surface area (Å²) in [6.07, 6.45) is 15.8. The second-order valence-electron chi connectivity index (χ2n) is 7.87. The lowest BCUT2D eigenvalue weighted by molar-refractivity contribution is -0.897. The van der Waals surface area contributed by atoms with Crippen LogP contribution in [-0.2, 0) is 24.1 Å². The van der Waals surface area contributed by atoms with E-state index in [2.05, 4.69) is 17.8 Å². The van der Waals surface area contributed by atoms with Crippen molar-refractivity contribution in [2.75, 3.05) is 39.9 Å². The summed E-state index contributed by atoms with van der Waals surface area (Å²) in [4.78, 5) is 10.8. The minimum atomic E-state index is -4.42. The number of ether oxygens (including phenoxy) is 1. The van der Waals surface area contributed by atoms with Crippen LogP contribution in [0.4, 0.5) is 0 Å². The van der Waals surface area contributed by atoms with Crippen LogP contribution in [-0.4, -0.2) is 63.3 Å². The molecule has 0 bridgehead atoms. The van der Waals surface area contributed by atoms with Crippen molar-refractivity contribution in [2.45, 2.75) is 77.6 Å². The zero-order valence-electron chi connectivity index (χ0n) is 18.4. The second-order valence-corrected chi connectivity index (χ2v) is 8.92. The van der Waals surface area contributed by atoms with E-state index >= 15 is 0 Å². The van der Waals surface area contributed by atoms with E-state index in [1.165, 1.54) is 101 Å². The summed E-state index contributed by atoms with van der Waals surface area (Å²) < 4.78 is 38.3. The van der Waals surface area contributed by atoms with Crippen LogP contribution in [0, 0.1) is 0 Å². The first-order valence-electron chi connectivity index (χ1n) is 11.0. The molecule has 0 radical (unpaired) electrons. The minimum absolute atomic E-state index is 0.0914. The van der Waals surface area contributed by atoms with Crippen molar-refractivity contribution < 1.29 is 31.2 Å². The summed E-state index contributed by atoms with van der Waals surface area (Å²) in [5.74, 6) is -0.301. The molecule has 0 aliphatic carbocycles. The van der Waals surface area contributed by atoms with Crippen LogP contribution in [0.5, 0.6) is 0 Å². The van der Waals surface area contributed by atoms with Gasteiger partial charge in [-0.2, -0.15) is 0 Å². The molecule has 0 saturated carbocycles. The van der Waals surface area contributed by atoms with E-state index < -0.39 is 10.4 Å². The summed E-state index contributed by atoms with van der Waals surface area (Å²) in [6.45, 7) is 9.46. The highest BCUT2D eigenvalue weighted by Crippen LogP contribution is 2.18. The van der Waals surface area contributed by atoms with E-state index in [0.717, 1.165) is 6.42 Å². The Labute approximate surface area is 178 Å². The smallest absolute Gasteiger partial charge is 0.330 e. The highest BCUT2D eigenvalue weighted by Gasteiger charge is 2.25. The standard InChI is InChI=1S/C19H36NO2.C2H6O4S/c1-3-19(21)22-18-14-10-8-6-4-5-7-9-11-15-20(2)16-12-13-17-20;1-2-6-7(3,4)5/h3H,1,4-18H2,2H3;2H2,1H3,(H,3,4,5)/q+1;/p-1. The van der Waals surface area contributed by atoms with Gasteiger partial charge >= 0.3 is 5.97 Å². The van der Waals surface area contributed by atoms with Gasteiger partial charge in [0.05, 0.1) is 39.9 Å². The molecule has 0 amide bonds. The molecule has 1 aliphatic heterocycles. The van der Waals surface area contributed by atoms with Gasteiger partial charge in [0.1, 0.15) is 0 Å². The van der Waals surface area contributed by atoms with E-state index in [1.807, 2.05) is 0 Å². The SMILES string of the molecule is C=CC(=O)OCCCCCCCCCCC[N+]1(C)CCCC1.CCOS(=O)(=O)[O-]. The Balaban J connectivity index is 0.000000956. The Kier molecular flexibility index (Phi) is 16.2. The predicted molar refractivity (Wildman–Crippen MR) is 114 cm³/mol. The largest absolute Gasteiger partial charge is 0.726 e. The molecule has 0 atom stereocenters. The lowest BCUT2D eigenvalue weighted by Gasteiger charge is -2.29. The van der Waals surface area contributed by atoms with Crippen molar-refractivity contribution in [3.8, 4) is 0 Å². The van der Waals surface area contributed by atoms with Crippen LogP contribution in [0.3, 0.4) is 0 Å². The van der Waals surface area contributed by atoms with Gasteiger partial charge in [0.15, 0.2) is 0 Å². The molecular weight excluding hydrogens is 394 g/mol. The van der Waals surface area contributed by atoms with Gasteiger partial charge in [-0.3, -0.25) is 4.18 Å². The summed E-state index contributed by atoms with van der Waals surface area (Å²) >= 11 is 0. The number of carbonyl (C=O) groups is 1. The number of likely N-dealkylation sites (tertiary alicyclic amines) is 1. The molecule has 0 aromatic carbocycles. The molecular formula is C21H41NO6S. The third-order valence-corrected chi connectivity index (χ3v) is 5.69. The van der Waals surface area contributed by atoms with Crippen LogP contribution >= 0.6 is 0 Å². The predicted octanol–water partition coefficient (Wildman–Crippen LogP) is 3.95. The molecule has 0 aromatic heterocycles. The average Bonchev–Trinajstić information content (AvgIpc) is 3.08. The van der Waals surface area contributed by atoms with Gasteiger partial charge in [-0.1, -0.05) is 45.1 Å². The van der Waals surface area contributed by atoms with Gasteiger partial charge in [-0.25, -0.2) is 13.2 Å². The summed E-state index contributed by atoms with van der Waals surface area (Å²) in [7, 11) is -1.99. The molecule has 0 N–H and O–H groups in total. The van der Waals surface area contributed by atoms with Crippen molar-refractivity contribution in [1.82, 2.24) is 0 Å². The van der Waals surface area contributed by atoms with Gasteiger partial charge in [0, 0.05) is 18.9 Å². The maximum atomic E-state index is 10.8. The fraction of sp³-hybridized carbons (Fsp3) is 0.857. The third-order valence-electron chi connectivity index (χ3n) is 5.16. The summed E-state index contributed by atoms with van der Waals surface area (Å²) in [5.41, 5.74) is 0. The normalized spacial score (nSPS) is 15.4. The Bertz CT molecular complexity index is 529. The molecule has 0 unspecified atom stereocenters. The maximum Gasteiger partial charge on any atom is 0.330 e. The zero-order valence-corrected chi connectivity index (χ0v) is 19.2. The maximum absolute atomic E-state index is 10.8. The van der Waals surface area contributed by atoms with E-state index in [0.29, 0.717) is 6.61 Å². The van der Waals surface area contributed by atoms with Crippen molar-refractivity contribution in [3.05, 3.63) is 12.7 Å². The Morgan fingerprint density at radius 2 is 1.48 bits per heavy atom. The molecule has 1 rings (SSSR count). The second kappa shape index (κ2) is 16.8. The highest BCUT2D eigenvalue weighted by atomic mass is 32.3. The van der Waals surface area contributed by atoms with Crippen molar-refractivity contribution in [1.29, 1.82) is 0 Å². The number of hydrogen-bond donors (Lipinski definition) is 0. The Hall–Kier alpha value is -0.960. The van der Waals surface area contributed by atoms with Gasteiger partial charge < -0.3 is 13.8 Å². The molecule has 0 aromatic rings. The monoisotopic (exact) mass is 435 g/mol. The third kappa shape index (κ3) is 18.8. The molecule has 29 heavy (non-hydrogen) atoms. The van der Waals surface area contributed by atoms with E-state index in [4.69, 9.17) is 4.74 Å². The van der Waals surface area contributed by atoms with Gasteiger partial charge in [-0.15, -0.1) is 0 Å². The molecule has 0 spiro atoms. The number of unbranched alkanes of at least 4 members (excludes halogenated alkanes) is 8. The molecule has 1 aliphatic rings. The molecule has 1 saturated heterocycles. The number of hydrogen-bond acceptors (Lipinski definition) is 6. The molecule has 172 valence electrons. The Morgan fingerprint density at radius 3 is 1.90 bits per heavy atom. The summed E-state index contributed by atoms with van der Waals surface area (Å²) in [6, 6.07) is 0. The molecule has 1 heterocycles. The number of carbonyl (C=O) groups excluding carboxylic acids is 1. The minimum Gasteiger partial charge on any atom is -0.726 e. The lowest BCUT2D eigenvalue weighted by Crippen LogP contribution is -2.41. The first-order chi connectivity index (χ1) is 13.7. The number of quaternary nitrogens is 1. The average molecular weight is 436 g/mol. The van der Waals surface area contributed by atoms with Crippen molar-refractivity contribution in [3.63, 3.8) is 0 Å². The topological polar surface area (TPSA) is 92.7 Å². The molecule has 8 heteroatoms. The van der Waals surface area contributed by atoms with Gasteiger partial charge in [0.25, 0.3) is 0 Å². The van der Waals surface area contributed by atoms with Crippen LogP contribution in [0.1, 0.15) is 77.6 Å². The van der Waals surface area contributed by atoms with Crippen LogP contribution in [0.25, 0.3) is 0 Å². The quantitative estimate of drug-likeness (QED) is 0.0965. The van der Waals surface area contributed by atoms with Crippen LogP contribution < -0.4 is 0 Å². The number of nitrogens with zero attached hydrogens (tertiary/aromatic N) is 1. The van der Waals surface area contributed by atoms with E-state index in [9.17, 15) is 17.8 Å². The summed E-state index contributed by atoms with van der Waals surface area (Å²) in [5, 5.41) is 0. The first-order valence-corrected chi connectivity index (χ1v) is 12.3. The fourth-order valence-corrected chi connectivity index (χ4v) is 3.82. The molecule has 7 nitrogen and oxygen atoms in total. The van der Waals surface area contributed by atoms with Crippen molar-refractivity contribution in [2.24, 2.45) is 0 Å². The van der Waals surface area contributed by atoms with Crippen molar-refractivity contribution >= 4 is 16.4 Å². The highest BCUT2D eigenvalue weighted by molar-refractivity contribution is 7.80. The van der Waals surface area contributed by atoms with Gasteiger partial charge in [-0.05, 0) is 26.2 Å². The lowest BCUT2D eigenvalue weighted by atomic mass is 10.1. The van der Waals surface area contributed by atoms with E-state index in [1.54, 1.807) is 0 Å². The molecule has 1 fully saturated rings. The van der Waals surface area contributed by atoms with Crippen LogP contribution in [0.15, 0.2) is 12.7 Å². The number of rotatable bonds is 15. The van der Waals surface area contributed by atoms with E-state index in [-0.39, 0.29) is 12.6 Å². The fourth-order valence-electron chi connectivity index (χ4n) is 3.53. The number of esters is 1. The van der Waals surface area contributed by atoms with Crippen LogP contribution in [0.2, 0.25) is 0 Å². The first kappa shape index (κ1) is 28.0. The van der Waals surface area contributed by atoms with Gasteiger partial charge in [0.2, 0.25) is 10.4 Å². The zero-order chi connectivity index (χ0) is 22.0. The Morgan fingerprint density at radius 1 is 1.00 bits per heavy atom.